The van der Waals surface area contributed by atoms with Crippen molar-refractivity contribution in [1.82, 2.24) is 20.1 Å². The smallest absolute Gasteiger partial charge is 0.269 e. The number of hydrogen-bond acceptors (Lipinski definition) is 7. The Morgan fingerprint density at radius 2 is 1.86 bits per heavy atom. The molecule has 29 heavy (non-hydrogen) atoms. The van der Waals surface area contributed by atoms with E-state index in [1.54, 1.807) is 16.7 Å². The molecular weight excluding hydrogens is 404 g/mol. The number of hydrogen-bond donors (Lipinski definition) is 1. The highest BCUT2D eigenvalue weighted by atomic mass is 32.2. The van der Waals surface area contributed by atoms with Gasteiger partial charge in [0.1, 0.15) is 11.2 Å². The summed E-state index contributed by atoms with van der Waals surface area (Å²) in [7, 11) is 1.99. The van der Waals surface area contributed by atoms with Crippen molar-refractivity contribution >= 4 is 46.2 Å². The molecule has 9 heteroatoms. The van der Waals surface area contributed by atoms with E-state index in [9.17, 15) is 4.79 Å². The van der Waals surface area contributed by atoms with Crippen LogP contribution in [0.15, 0.2) is 80.7 Å². The molecule has 5 rings (SSSR count). The lowest BCUT2D eigenvalue weighted by atomic mass is 10.2. The zero-order chi connectivity index (χ0) is 19.8. The second-order valence-electron chi connectivity index (χ2n) is 6.45. The topological polar surface area (TPSA) is 77.5 Å². The van der Waals surface area contributed by atoms with Crippen molar-refractivity contribution in [3.05, 3.63) is 76.4 Å². The van der Waals surface area contributed by atoms with E-state index < -0.39 is 0 Å². The molecule has 2 aliphatic heterocycles. The van der Waals surface area contributed by atoms with E-state index in [2.05, 4.69) is 37.2 Å². The number of nitrogens with zero attached hydrogens (tertiary/aromatic N) is 5. The summed E-state index contributed by atoms with van der Waals surface area (Å²) in [5.74, 6) is 0.319. The molecule has 1 aromatic heterocycles. The van der Waals surface area contributed by atoms with Crippen LogP contribution in [0, 0.1) is 0 Å². The first-order valence-electron chi connectivity index (χ1n) is 8.93. The summed E-state index contributed by atoms with van der Waals surface area (Å²) in [6, 6.07) is 18.0. The monoisotopic (exact) mass is 420 g/mol. The number of carbonyl (C=O) groups is 1. The van der Waals surface area contributed by atoms with E-state index >= 15 is 0 Å². The molecule has 1 fully saturated rings. The van der Waals surface area contributed by atoms with E-state index in [-0.39, 0.29) is 5.91 Å². The second-order valence-corrected chi connectivity index (χ2v) is 8.45. The fourth-order valence-electron chi connectivity index (χ4n) is 3.17. The van der Waals surface area contributed by atoms with Crippen LogP contribution >= 0.6 is 23.5 Å². The third-order valence-corrected chi connectivity index (χ3v) is 7.02. The number of amides is 1. The summed E-state index contributed by atoms with van der Waals surface area (Å²) in [4.78, 5) is 27.6. The Kier molecular flexibility index (Phi) is 4.61. The number of nitrogens with one attached hydrogen (secondary N) is 1. The number of H-pyrrole nitrogens is 1. The molecule has 0 spiro atoms. The molecule has 3 heterocycles. The van der Waals surface area contributed by atoms with E-state index in [0.717, 1.165) is 21.2 Å². The number of benzene rings is 2. The van der Waals surface area contributed by atoms with Gasteiger partial charge in [-0.1, -0.05) is 54.2 Å². The van der Waals surface area contributed by atoms with E-state index in [4.69, 9.17) is 0 Å². The van der Waals surface area contributed by atoms with E-state index in [1.165, 1.54) is 18.1 Å². The normalized spacial score (nSPS) is 20.0. The Labute approximate surface area is 175 Å². The Hall–Kier alpha value is -3.04. The van der Waals surface area contributed by atoms with Crippen LogP contribution in [0.4, 0.5) is 11.6 Å². The minimum Gasteiger partial charge on any atom is -0.337 e. The zero-order valence-electron chi connectivity index (χ0n) is 15.4. The second kappa shape index (κ2) is 7.41. The minimum atomic E-state index is -0.0562. The Morgan fingerprint density at radius 1 is 1.07 bits per heavy atom. The molecule has 2 aromatic carbocycles. The average Bonchev–Trinajstić information content (AvgIpc) is 3.44. The minimum absolute atomic E-state index is 0.0562. The molecule has 0 bridgehead atoms. The third kappa shape index (κ3) is 3.32. The molecule has 2 aliphatic rings. The van der Waals surface area contributed by atoms with Gasteiger partial charge < -0.3 is 4.90 Å². The molecule has 0 aliphatic carbocycles. The summed E-state index contributed by atoms with van der Waals surface area (Å²) >= 11 is 2.98. The van der Waals surface area contributed by atoms with Crippen molar-refractivity contribution in [2.75, 3.05) is 11.9 Å². The summed E-state index contributed by atoms with van der Waals surface area (Å²) < 4.78 is 0. The van der Waals surface area contributed by atoms with Gasteiger partial charge in [0.15, 0.2) is 5.17 Å². The van der Waals surface area contributed by atoms with E-state index in [0.29, 0.717) is 22.6 Å². The van der Waals surface area contributed by atoms with Crippen LogP contribution in [-0.2, 0) is 11.3 Å². The van der Waals surface area contributed by atoms with E-state index in [1.807, 2.05) is 49.5 Å². The van der Waals surface area contributed by atoms with Gasteiger partial charge in [0, 0.05) is 11.9 Å². The van der Waals surface area contributed by atoms with Gasteiger partial charge in [0.25, 0.3) is 5.91 Å². The van der Waals surface area contributed by atoms with Crippen molar-refractivity contribution in [3.63, 3.8) is 0 Å². The summed E-state index contributed by atoms with van der Waals surface area (Å²) in [5.41, 5.74) is 2.14. The Balaban J connectivity index is 1.55. The van der Waals surface area contributed by atoms with Gasteiger partial charge in [-0.3, -0.25) is 9.69 Å². The zero-order valence-corrected chi connectivity index (χ0v) is 17.1. The van der Waals surface area contributed by atoms with Gasteiger partial charge in [0.05, 0.1) is 17.3 Å². The number of aromatic amines is 1. The molecule has 1 amide bonds. The molecule has 0 radical (unpaired) electrons. The highest BCUT2D eigenvalue weighted by molar-refractivity contribution is 8.19. The number of amidine groups is 1. The predicted octanol–water partition coefficient (Wildman–Crippen LogP) is 3.98. The number of rotatable bonds is 3. The average molecular weight is 421 g/mol. The predicted molar refractivity (Wildman–Crippen MR) is 116 cm³/mol. The first-order chi connectivity index (χ1) is 14.2. The first kappa shape index (κ1) is 18.0. The third-order valence-electron chi connectivity index (χ3n) is 4.58. The molecule has 144 valence electrons. The number of para-hydroxylation sites is 1. The fraction of sp³-hybridized carbons (Fsp3) is 0.100. The molecule has 3 aromatic rings. The van der Waals surface area contributed by atoms with Gasteiger partial charge in [0.2, 0.25) is 5.95 Å². The molecule has 1 saturated heterocycles. The van der Waals surface area contributed by atoms with Crippen molar-refractivity contribution in [3.8, 4) is 0 Å². The quantitative estimate of drug-likeness (QED) is 0.646. The van der Waals surface area contributed by atoms with Gasteiger partial charge in [-0.25, -0.2) is 5.10 Å². The van der Waals surface area contributed by atoms with Gasteiger partial charge in [-0.2, -0.15) is 15.1 Å². The molecule has 7 nitrogen and oxygen atoms in total. The van der Waals surface area contributed by atoms with Crippen molar-refractivity contribution in [2.45, 2.75) is 11.4 Å². The van der Waals surface area contributed by atoms with Crippen molar-refractivity contribution in [2.24, 2.45) is 4.99 Å². The summed E-state index contributed by atoms with van der Waals surface area (Å²) in [6.45, 7) is 0.442. The maximum atomic E-state index is 13.4. The van der Waals surface area contributed by atoms with Gasteiger partial charge in [-0.05, 0) is 29.5 Å². The summed E-state index contributed by atoms with van der Waals surface area (Å²) in [6.07, 6.45) is 1.40. The number of carbonyl (C=O) groups excluding carboxylic acids is 1. The highest BCUT2D eigenvalue weighted by Crippen LogP contribution is 2.50. The number of thioether (sulfide) groups is 2. The van der Waals surface area contributed by atoms with Crippen LogP contribution in [0.25, 0.3) is 0 Å². The lowest BCUT2D eigenvalue weighted by molar-refractivity contribution is -0.122. The highest BCUT2D eigenvalue weighted by Gasteiger charge is 2.39. The number of aromatic nitrogens is 3. The lowest BCUT2D eigenvalue weighted by Crippen LogP contribution is -2.29. The number of anilines is 1. The summed E-state index contributed by atoms with van der Waals surface area (Å²) in [5, 5.41) is 8.09. The van der Waals surface area contributed by atoms with Crippen molar-refractivity contribution in [1.29, 1.82) is 0 Å². The first-order valence-corrected chi connectivity index (χ1v) is 10.6. The van der Waals surface area contributed by atoms with Crippen LogP contribution in [0.3, 0.4) is 0 Å². The van der Waals surface area contributed by atoms with Crippen LogP contribution in [0.1, 0.15) is 5.56 Å². The SMILES string of the molecule is CN1/C(=C2/SC(=Nc3ncn[nH]3)N(Cc3ccccc3)C2=O)Sc2ccccc21. The van der Waals surface area contributed by atoms with Crippen LogP contribution in [0.5, 0.6) is 0 Å². The number of fused-ring (bicyclic) bond motifs is 1. The molecule has 0 atom stereocenters. The van der Waals surface area contributed by atoms with Crippen LogP contribution in [-0.4, -0.2) is 38.2 Å². The molecular formula is C20H16N6OS2. The molecule has 0 saturated carbocycles. The molecule has 1 N–H and O–H groups in total. The Morgan fingerprint density at radius 3 is 2.62 bits per heavy atom. The van der Waals surface area contributed by atoms with Gasteiger partial charge in [-0.15, -0.1) is 0 Å². The molecule has 0 unspecified atom stereocenters. The van der Waals surface area contributed by atoms with Crippen molar-refractivity contribution < 1.29 is 4.79 Å². The maximum Gasteiger partial charge on any atom is 0.269 e. The maximum absolute atomic E-state index is 13.4. The fourth-order valence-corrected chi connectivity index (χ4v) is 5.49. The number of aliphatic imine (C=N–C) groups is 1. The Bertz CT molecular complexity index is 1130. The lowest BCUT2D eigenvalue weighted by Gasteiger charge is -2.16. The van der Waals surface area contributed by atoms with Crippen LogP contribution in [0.2, 0.25) is 0 Å². The van der Waals surface area contributed by atoms with Crippen LogP contribution < -0.4 is 4.90 Å². The van der Waals surface area contributed by atoms with Gasteiger partial charge >= 0.3 is 0 Å². The standard InChI is InChI=1S/C20H16N6OS2/c1-25-14-9-5-6-10-15(14)28-18(25)16-17(27)26(11-13-7-3-2-4-8-13)20(29-16)23-19-21-12-22-24-19/h2-10,12H,11H2,1H3,(H,21,22,24)/b18-16-,23-20?. The largest absolute Gasteiger partial charge is 0.337 e.